The summed E-state index contributed by atoms with van der Waals surface area (Å²) in [5, 5.41) is 3.69. The molecule has 0 aliphatic carbocycles. The Labute approximate surface area is 108 Å². The average Bonchev–Trinajstić information content (AvgIpc) is 2.93. The summed E-state index contributed by atoms with van der Waals surface area (Å²) in [5.74, 6) is 1.51. The molecule has 3 heteroatoms. The molecule has 1 aromatic rings. The summed E-state index contributed by atoms with van der Waals surface area (Å²) in [6, 6.07) is 8.34. The van der Waals surface area contributed by atoms with Gasteiger partial charge in [-0.3, -0.25) is 0 Å². The summed E-state index contributed by atoms with van der Waals surface area (Å²) in [6.45, 7) is 7.02. The van der Waals surface area contributed by atoms with Crippen LogP contribution in [0.15, 0.2) is 24.3 Å². The Morgan fingerprint density at radius 3 is 3.00 bits per heavy atom. The molecule has 0 spiro atoms. The van der Waals surface area contributed by atoms with Crippen molar-refractivity contribution >= 4 is 0 Å². The highest BCUT2D eigenvalue weighted by Gasteiger charge is 2.37. The smallest absolute Gasteiger partial charge is 0.122 e. The highest BCUT2D eigenvalue weighted by Crippen LogP contribution is 2.34. The van der Waals surface area contributed by atoms with Crippen LogP contribution >= 0.6 is 0 Å². The van der Waals surface area contributed by atoms with Gasteiger partial charge in [0, 0.05) is 30.2 Å². The van der Waals surface area contributed by atoms with Crippen LogP contribution in [0.2, 0.25) is 0 Å². The summed E-state index contributed by atoms with van der Waals surface area (Å²) in [5.41, 5.74) is 1.44. The summed E-state index contributed by atoms with van der Waals surface area (Å²) in [4.78, 5) is 0. The van der Waals surface area contributed by atoms with E-state index in [1.54, 1.807) is 0 Å². The number of para-hydroxylation sites is 1. The van der Waals surface area contributed by atoms with E-state index >= 15 is 0 Å². The lowest BCUT2D eigenvalue weighted by Crippen LogP contribution is -2.49. The number of benzene rings is 1. The van der Waals surface area contributed by atoms with Crippen LogP contribution in [0.4, 0.5) is 0 Å². The molecule has 18 heavy (non-hydrogen) atoms. The second kappa shape index (κ2) is 4.56. The summed E-state index contributed by atoms with van der Waals surface area (Å²) in [6.07, 6.45) is 1.37. The van der Waals surface area contributed by atoms with Crippen LogP contribution in [0, 0.1) is 0 Å². The molecule has 1 N–H and O–H groups in total. The highest BCUT2D eigenvalue weighted by molar-refractivity contribution is 5.39. The van der Waals surface area contributed by atoms with E-state index in [0.29, 0.717) is 5.92 Å². The zero-order chi connectivity index (χ0) is 12.6. The maximum Gasteiger partial charge on any atom is 0.122 e. The van der Waals surface area contributed by atoms with E-state index in [1.165, 1.54) is 5.56 Å². The molecule has 2 aliphatic heterocycles. The quantitative estimate of drug-likeness (QED) is 0.889. The molecule has 0 saturated carbocycles. The van der Waals surface area contributed by atoms with Crippen molar-refractivity contribution in [2.45, 2.75) is 37.8 Å². The fourth-order valence-electron chi connectivity index (χ4n) is 2.82. The van der Waals surface area contributed by atoms with Crippen LogP contribution in [0.25, 0.3) is 0 Å². The predicted molar refractivity (Wildman–Crippen MR) is 71.1 cm³/mol. The van der Waals surface area contributed by atoms with Crippen molar-refractivity contribution in [1.29, 1.82) is 0 Å². The predicted octanol–water partition coefficient (Wildman–Crippen LogP) is 2.32. The third-order valence-electron chi connectivity index (χ3n) is 4.44. The first kappa shape index (κ1) is 12.0. The van der Waals surface area contributed by atoms with E-state index in [9.17, 15) is 0 Å². The minimum Gasteiger partial charge on any atom is -0.493 e. The van der Waals surface area contributed by atoms with Gasteiger partial charge in [0.05, 0.1) is 12.7 Å². The molecule has 0 aromatic heterocycles. The molecule has 3 nitrogen and oxygen atoms in total. The van der Waals surface area contributed by atoms with Gasteiger partial charge < -0.3 is 14.8 Å². The second-order valence-corrected chi connectivity index (χ2v) is 5.61. The third kappa shape index (κ3) is 2.02. The third-order valence-corrected chi connectivity index (χ3v) is 4.44. The largest absolute Gasteiger partial charge is 0.493 e. The van der Waals surface area contributed by atoms with Crippen molar-refractivity contribution in [2.24, 2.45) is 0 Å². The average molecular weight is 247 g/mol. The van der Waals surface area contributed by atoms with Crippen molar-refractivity contribution < 1.29 is 9.47 Å². The molecule has 3 unspecified atom stereocenters. The fraction of sp³-hybridized carbons (Fsp3) is 0.600. The van der Waals surface area contributed by atoms with Gasteiger partial charge in [0.25, 0.3) is 0 Å². The highest BCUT2D eigenvalue weighted by atomic mass is 16.5. The summed E-state index contributed by atoms with van der Waals surface area (Å²) in [7, 11) is 0. The Balaban J connectivity index is 1.65. The monoisotopic (exact) mass is 247 g/mol. The van der Waals surface area contributed by atoms with Gasteiger partial charge in [-0.1, -0.05) is 18.2 Å². The van der Waals surface area contributed by atoms with Gasteiger partial charge in [0.15, 0.2) is 0 Å². The lowest BCUT2D eigenvalue weighted by atomic mass is 9.93. The fourth-order valence-corrected chi connectivity index (χ4v) is 2.82. The minimum absolute atomic E-state index is 0.109. The van der Waals surface area contributed by atoms with Crippen LogP contribution in [-0.2, 0) is 4.74 Å². The van der Waals surface area contributed by atoms with Gasteiger partial charge >= 0.3 is 0 Å². The summed E-state index contributed by atoms with van der Waals surface area (Å²) < 4.78 is 11.4. The molecule has 1 aromatic carbocycles. The topological polar surface area (TPSA) is 30.5 Å². The summed E-state index contributed by atoms with van der Waals surface area (Å²) >= 11 is 0. The zero-order valence-corrected chi connectivity index (χ0v) is 11.1. The van der Waals surface area contributed by atoms with E-state index < -0.39 is 0 Å². The minimum atomic E-state index is 0.109. The van der Waals surface area contributed by atoms with Crippen molar-refractivity contribution in [2.75, 3.05) is 19.8 Å². The maximum absolute atomic E-state index is 5.71. The Kier molecular flexibility index (Phi) is 3.04. The number of fused-ring (bicyclic) bond motifs is 1. The Morgan fingerprint density at radius 2 is 2.22 bits per heavy atom. The van der Waals surface area contributed by atoms with Crippen molar-refractivity contribution in [3.63, 3.8) is 0 Å². The molecule has 3 atom stereocenters. The van der Waals surface area contributed by atoms with Crippen molar-refractivity contribution in [1.82, 2.24) is 5.32 Å². The molecule has 0 bridgehead atoms. The number of rotatable bonds is 3. The molecular formula is C15H21NO2. The van der Waals surface area contributed by atoms with Crippen LogP contribution in [0.1, 0.15) is 31.7 Å². The van der Waals surface area contributed by atoms with Crippen LogP contribution in [0.5, 0.6) is 5.75 Å². The normalized spacial score (nSPS) is 34.3. The Bertz CT molecular complexity index is 434. The van der Waals surface area contributed by atoms with Gasteiger partial charge in [-0.15, -0.1) is 0 Å². The number of hydrogen-bond donors (Lipinski definition) is 1. The molecule has 98 valence electrons. The second-order valence-electron chi connectivity index (χ2n) is 5.61. The lowest BCUT2D eigenvalue weighted by molar-refractivity contribution is 0.0879. The van der Waals surface area contributed by atoms with Crippen molar-refractivity contribution in [3.05, 3.63) is 29.8 Å². The van der Waals surface area contributed by atoms with E-state index in [2.05, 4.69) is 37.4 Å². The molecule has 1 fully saturated rings. The van der Waals surface area contributed by atoms with Crippen LogP contribution < -0.4 is 10.1 Å². The molecular weight excluding hydrogens is 226 g/mol. The van der Waals surface area contributed by atoms with Crippen molar-refractivity contribution in [3.8, 4) is 5.75 Å². The first-order chi connectivity index (χ1) is 8.69. The first-order valence-corrected chi connectivity index (χ1v) is 6.77. The number of nitrogens with one attached hydrogen (secondary N) is 1. The molecule has 2 aliphatic rings. The molecule has 1 saturated heterocycles. The van der Waals surface area contributed by atoms with Gasteiger partial charge in [-0.05, 0) is 26.3 Å². The van der Waals surface area contributed by atoms with E-state index in [1.807, 2.05) is 6.07 Å². The molecule has 0 radical (unpaired) electrons. The maximum atomic E-state index is 5.71. The van der Waals surface area contributed by atoms with Crippen LogP contribution in [-0.4, -0.2) is 31.4 Å². The zero-order valence-electron chi connectivity index (χ0n) is 11.1. The molecule has 3 rings (SSSR count). The number of hydrogen-bond acceptors (Lipinski definition) is 3. The standard InChI is InChI=1S/C15H21NO2/c1-11-15(2,7-8-17-11)16-9-12-10-18-14-6-4-3-5-13(12)14/h3-6,11-12,16H,7-10H2,1-2H3. The molecule has 0 amide bonds. The van der Waals surface area contributed by atoms with E-state index in [0.717, 1.165) is 31.9 Å². The Hall–Kier alpha value is -1.06. The van der Waals surface area contributed by atoms with E-state index in [4.69, 9.17) is 9.47 Å². The van der Waals surface area contributed by atoms with Gasteiger partial charge in [0.1, 0.15) is 5.75 Å². The SMILES string of the molecule is CC1OCCC1(C)NCC1COc2ccccc21. The molecule has 2 heterocycles. The van der Waals surface area contributed by atoms with Gasteiger partial charge in [0.2, 0.25) is 0 Å². The Morgan fingerprint density at radius 1 is 1.39 bits per heavy atom. The van der Waals surface area contributed by atoms with Gasteiger partial charge in [-0.2, -0.15) is 0 Å². The first-order valence-electron chi connectivity index (χ1n) is 6.77. The lowest BCUT2D eigenvalue weighted by Gasteiger charge is -2.30. The van der Waals surface area contributed by atoms with Gasteiger partial charge in [-0.25, -0.2) is 0 Å². The number of ether oxygens (including phenoxy) is 2. The van der Waals surface area contributed by atoms with E-state index in [-0.39, 0.29) is 11.6 Å². The van der Waals surface area contributed by atoms with Crippen LogP contribution in [0.3, 0.4) is 0 Å².